The van der Waals surface area contributed by atoms with Crippen molar-refractivity contribution in [3.05, 3.63) is 83.9 Å². The van der Waals surface area contributed by atoms with Gasteiger partial charge in [0.15, 0.2) is 0 Å². The van der Waals surface area contributed by atoms with Crippen LogP contribution in [0, 0.1) is 0 Å². The molecule has 2 bridgehead atoms. The van der Waals surface area contributed by atoms with Crippen LogP contribution in [-0.2, 0) is 13.1 Å². The Hall–Kier alpha value is -4.58. The highest BCUT2D eigenvalue weighted by Crippen LogP contribution is 2.43. The third kappa shape index (κ3) is 2.65. The molecular formula is C29H22N6. The van der Waals surface area contributed by atoms with Crippen molar-refractivity contribution in [2.75, 3.05) is 27.9 Å². The lowest BCUT2D eigenvalue weighted by Crippen LogP contribution is -2.46. The molecule has 4 aromatic carbocycles. The number of hydrogen-bond donors (Lipinski definition) is 2. The first-order valence-corrected chi connectivity index (χ1v) is 11.8. The molecular weight excluding hydrogens is 432 g/mol. The van der Waals surface area contributed by atoms with Gasteiger partial charge in [-0.1, -0.05) is 24.3 Å². The van der Waals surface area contributed by atoms with E-state index in [9.17, 15) is 0 Å². The second-order valence-electron chi connectivity index (χ2n) is 9.69. The number of hydrogen-bond acceptors (Lipinski definition) is 6. The highest BCUT2D eigenvalue weighted by molar-refractivity contribution is 6.00. The lowest BCUT2D eigenvalue weighted by molar-refractivity contribution is 0.655. The molecule has 0 radical (unpaired) electrons. The topological polar surface area (TPSA) is 84.3 Å². The van der Waals surface area contributed by atoms with Crippen molar-refractivity contribution < 1.29 is 0 Å². The van der Waals surface area contributed by atoms with E-state index in [1.54, 1.807) is 0 Å². The molecule has 0 fully saturated rings. The summed E-state index contributed by atoms with van der Waals surface area (Å²) in [7, 11) is 0. The van der Waals surface area contributed by atoms with Crippen molar-refractivity contribution in [2.24, 2.45) is 0 Å². The van der Waals surface area contributed by atoms with E-state index in [0.29, 0.717) is 0 Å². The van der Waals surface area contributed by atoms with Gasteiger partial charge in [0.1, 0.15) is 0 Å². The largest absolute Gasteiger partial charge is 0.399 e. The number of nitrogen functional groups attached to an aromatic ring is 2. The average molecular weight is 455 g/mol. The second-order valence-corrected chi connectivity index (χ2v) is 9.69. The number of anilines is 4. The van der Waals surface area contributed by atoms with E-state index in [-0.39, 0.29) is 0 Å². The lowest BCUT2D eigenvalue weighted by atomic mass is 9.96. The number of nitrogens with zero attached hydrogens (tertiary/aromatic N) is 4. The summed E-state index contributed by atoms with van der Waals surface area (Å²) in [6.45, 7) is 2.48. The SMILES string of the molecule is Nc1ccc2cc3ccc4c(c3nc2c1)CN1CN4Cc2c1ccc1cc3ccc(N)cc3nc21. The van der Waals surface area contributed by atoms with E-state index in [0.717, 1.165) is 74.7 Å². The maximum atomic E-state index is 6.05. The van der Waals surface area contributed by atoms with Gasteiger partial charge in [-0.05, 0) is 48.5 Å². The van der Waals surface area contributed by atoms with Crippen molar-refractivity contribution in [1.82, 2.24) is 9.97 Å². The van der Waals surface area contributed by atoms with Gasteiger partial charge in [0, 0.05) is 68.5 Å². The number of nitrogens with two attached hydrogens (primary N) is 2. The number of aromatic nitrogens is 2. The van der Waals surface area contributed by atoms with Gasteiger partial charge in [-0.25, -0.2) is 9.97 Å². The Morgan fingerprint density at radius 2 is 1.00 bits per heavy atom. The highest BCUT2D eigenvalue weighted by atomic mass is 15.4. The van der Waals surface area contributed by atoms with Crippen molar-refractivity contribution >= 4 is 66.4 Å². The molecule has 35 heavy (non-hydrogen) atoms. The summed E-state index contributed by atoms with van der Waals surface area (Å²) < 4.78 is 0. The summed E-state index contributed by atoms with van der Waals surface area (Å²) in [4.78, 5) is 15.0. The summed E-state index contributed by atoms with van der Waals surface area (Å²) in [5, 5.41) is 4.54. The summed E-state index contributed by atoms with van der Waals surface area (Å²) in [5.41, 5.74) is 22.6. The summed E-state index contributed by atoms with van der Waals surface area (Å²) >= 11 is 0. The summed E-state index contributed by atoms with van der Waals surface area (Å²) in [6.07, 6.45) is 0. The third-order valence-electron chi connectivity index (χ3n) is 7.49. The zero-order valence-electron chi connectivity index (χ0n) is 19.0. The van der Waals surface area contributed by atoms with E-state index < -0.39 is 0 Å². The molecule has 0 amide bonds. The Morgan fingerprint density at radius 1 is 0.543 bits per heavy atom. The monoisotopic (exact) mass is 454 g/mol. The molecule has 2 aromatic heterocycles. The van der Waals surface area contributed by atoms with Gasteiger partial charge < -0.3 is 21.3 Å². The molecule has 6 nitrogen and oxygen atoms in total. The molecule has 6 aromatic rings. The van der Waals surface area contributed by atoms with Crippen LogP contribution in [-0.4, -0.2) is 16.6 Å². The lowest BCUT2D eigenvalue weighted by Gasteiger charge is -2.45. The molecule has 2 aliphatic heterocycles. The number of rotatable bonds is 0. The molecule has 6 heteroatoms. The van der Waals surface area contributed by atoms with Crippen molar-refractivity contribution in [2.45, 2.75) is 13.1 Å². The molecule has 0 spiro atoms. The summed E-state index contributed by atoms with van der Waals surface area (Å²) in [6, 6.07) is 25.2. The minimum atomic E-state index is 0.737. The molecule has 0 saturated heterocycles. The standard InChI is InChI=1S/C29H22N6/c30-20-5-1-16-9-18-3-7-26-22(28(18)32-24(16)11-20)13-34-15-35(26)14-23-27(34)8-4-19-10-17-2-6-21(31)12-25(17)33-29(19)23/h1-12H,13-15,30-31H2. The van der Waals surface area contributed by atoms with Crippen LogP contribution in [0.5, 0.6) is 0 Å². The first kappa shape index (κ1) is 18.8. The Morgan fingerprint density at radius 3 is 1.49 bits per heavy atom. The third-order valence-corrected chi connectivity index (χ3v) is 7.49. The Kier molecular flexibility index (Phi) is 3.50. The van der Waals surface area contributed by atoms with Gasteiger partial charge in [0.05, 0.1) is 28.7 Å². The predicted molar refractivity (Wildman–Crippen MR) is 145 cm³/mol. The Labute approximate surface area is 201 Å². The van der Waals surface area contributed by atoms with Crippen LogP contribution in [0.4, 0.5) is 22.7 Å². The molecule has 2 aliphatic rings. The average Bonchev–Trinajstić information content (AvgIpc) is 2.86. The van der Waals surface area contributed by atoms with Crippen molar-refractivity contribution in [1.29, 1.82) is 0 Å². The first-order valence-electron chi connectivity index (χ1n) is 11.8. The van der Waals surface area contributed by atoms with Gasteiger partial charge in [-0.15, -0.1) is 0 Å². The predicted octanol–water partition coefficient (Wildman–Crippen LogP) is 5.55. The molecule has 0 aliphatic carbocycles. The summed E-state index contributed by atoms with van der Waals surface area (Å²) in [5.74, 6) is 0. The maximum Gasteiger partial charge on any atom is 0.0910 e. The van der Waals surface area contributed by atoms with Crippen LogP contribution in [0.15, 0.2) is 72.8 Å². The van der Waals surface area contributed by atoms with Crippen LogP contribution >= 0.6 is 0 Å². The fraction of sp³-hybridized carbons (Fsp3) is 0.103. The molecule has 4 N–H and O–H groups in total. The fourth-order valence-electron chi connectivity index (χ4n) is 5.83. The molecule has 0 unspecified atom stereocenters. The van der Waals surface area contributed by atoms with Gasteiger partial charge >= 0.3 is 0 Å². The van der Waals surface area contributed by atoms with Gasteiger partial charge in [0.2, 0.25) is 0 Å². The van der Waals surface area contributed by atoms with Crippen LogP contribution in [0.25, 0.3) is 43.6 Å². The first-order chi connectivity index (χ1) is 17.1. The Bertz CT molecular complexity index is 1740. The van der Waals surface area contributed by atoms with Gasteiger partial charge in [0.25, 0.3) is 0 Å². The zero-order valence-corrected chi connectivity index (χ0v) is 19.0. The second kappa shape index (κ2) is 6.51. The molecule has 4 heterocycles. The van der Waals surface area contributed by atoms with Crippen molar-refractivity contribution in [3.63, 3.8) is 0 Å². The van der Waals surface area contributed by atoms with Crippen LogP contribution in [0.1, 0.15) is 11.1 Å². The number of pyridine rings is 2. The van der Waals surface area contributed by atoms with E-state index in [1.165, 1.54) is 22.5 Å². The highest BCUT2D eigenvalue weighted by Gasteiger charge is 2.32. The van der Waals surface area contributed by atoms with Crippen LogP contribution in [0.3, 0.4) is 0 Å². The van der Waals surface area contributed by atoms with E-state index in [4.69, 9.17) is 21.4 Å². The molecule has 168 valence electrons. The van der Waals surface area contributed by atoms with Crippen molar-refractivity contribution in [3.8, 4) is 0 Å². The van der Waals surface area contributed by atoms with Gasteiger partial charge in [-0.2, -0.15) is 0 Å². The normalized spacial score (nSPS) is 14.6. The van der Waals surface area contributed by atoms with E-state index in [1.807, 2.05) is 36.4 Å². The molecule has 0 saturated carbocycles. The van der Waals surface area contributed by atoms with E-state index >= 15 is 0 Å². The van der Waals surface area contributed by atoms with Crippen LogP contribution < -0.4 is 21.3 Å². The maximum absolute atomic E-state index is 6.05. The number of benzene rings is 4. The fourth-order valence-corrected chi connectivity index (χ4v) is 5.83. The van der Waals surface area contributed by atoms with Crippen LogP contribution in [0.2, 0.25) is 0 Å². The number of fused-ring (bicyclic) bond motifs is 12. The van der Waals surface area contributed by atoms with E-state index in [2.05, 4.69) is 46.2 Å². The quantitative estimate of drug-likeness (QED) is 0.231. The minimum absolute atomic E-state index is 0.737. The minimum Gasteiger partial charge on any atom is -0.399 e. The smallest absolute Gasteiger partial charge is 0.0910 e. The van der Waals surface area contributed by atoms with Gasteiger partial charge in [-0.3, -0.25) is 0 Å². The molecule has 0 atom stereocenters. The molecule has 8 rings (SSSR count). The Balaban J connectivity index is 1.32. The zero-order chi connectivity index (χ0) is 23.3.